The third-order valence-electron chi connectivity index (χ3n) is 3.86. The van der Waals surface area contributed by atoms with Crippen LogP contribution in [-0.4, -0.2) is 5.78 Å². The maximum atomic E-state index is 12.3. The smallest absolute Gasteiger partial charge is 0.187 e. The van der Waals surface area contributed by atoms with Gasteiger partial charge in [0.25, 0.3) is 0 Å². The highest BCUT2D eigenvalue weighted by molar-refractivity contribution is 6.05. The summed E-state index contributed by atoms with van der Waals surface area (Å²) in [4.78, 5) is 12.3. The third kappa shape index (κ3) is 4.84. The minimum absolute atomic E-state index is 0.0148. The predicted molar refractivity (Wildman–Crippen MR) is 106 cm³/mol. The first-order valence-corrected chi connectivity index (χ1v) is 8.49. The van der Waals surface area contributed by atoms with E-state index in [1.807, 2.05) is 92.7 Å². The van der Waals surface area contributed by atoms with E-state index in [0.29, 0.717) is 5.56 Å². The first kappa shape index (κ1) is 17.5. The van der Waals surface area contributed by atoms with Gasteiger partial charge in [0.15, 0.2) is 5.78 Å². The molecular weight excluding hydrogens is 322 g/mol. The minimum Gasteiger partial charge on any atom is -0.457 e. The first-order chi connectivity index (χ1) is 12.6. The number of benzene rings is 3. The second kappa shape index (κ2) is 8.17. The van der Waals surface area contributed by atoms with Gasteiger partial charge in [-0.25, -0.2) is 0 Å². The number of nitrogens with one attached hydrogen (secondary N) is 1. The number of aryl methyl sites for hydroxylation is 1. The van der Waals surface area contributed by atoms with Crippen LogP contribution in [0.4, 0.5) is 5.69 Å². The Morgan fingerprint density at radius 2 is 1.46 bits per heavy atom. The van der Waals surface area contributed by atoms with E-state index < -0.39 is 0 Å². The molecule has 0 aliphatic rings. The molecule has 0 saturated carbocycles. The zero-order chi connectivity index (χ0) is 18.4. The highest BCUT2D eigenvalue weighted by atomic mass is 16.5. The lowest BCUT2D eigenvalue weighted by atomic mass is 10.1. The van der Waals surface area contributed by atoms with Crippen molar-refractivity contribution < 1.29 is 9.53 Å². The fourth-order valence-corrected chi connectivity index (χ4v) is 2.49. The molecule has 3 rings (SSSR count). The summed E-state index contributed by atoms with van der Waals surface area (Å²) in [5, 5.41) is 3.23. The van der Waals surface area contributed by atoms with E-state index in [0.717, 1.165) is 28.4 Å². The molecule has 130 valence electrons. The number of para-hydroxylation sites is 1. The molecule has 0 atom stereocenters. The van der Waals surface area contributed by atoms with Crippen molar-refractivity contribution >= 4 is 11.5 Å². The van der Waals surface area contributed by atoms with Crippen LogP contribution in [0.3, 0.4) is 0 Å². The Hall–Kier alpha value is -3.33. The number of hydrogen-bond donors (Lipinski definition) is 1. The molecule has 0 unspecified atom stereocenters. The number of ether oxygens (including phenoxy) is 1. The number of carbonyl (C=O) groups is 1. The Morgan fingerprint density at radius 1 is 0.846 bits per heavy atom. The quantitative estimate of drug-likeness (QED) is 0.441. The van der Waals surface area contributed by atoms with Crippen LogP contribution in [0.25, 0.3) is 0 Å². The molecule has 0 aromatic heterocycles. The lowest BCUT2D eigenvalue weighted by molar-refractivity contribution is 0.104. The van der Waals surface area contributed by atoms with Gasteiger partial charge >= 0.3 is 0 Å². The highest BCUT2D eigenvalue weighted by Crippen LogP contribution is 2.23. The Kier molecular flexibility index (Phi) is 5.49. The number of rotatable bonds is 6. The normalized spacial score (nSPS) is 11.1. The average molecular weight is 343 g/mol. The van der Waals surface area contributed by atoms with Crippen LogP contribution < -0.4 is 10.1 Å². The van der Waals surface area contributed by atoms with Crippen molar-refractivity contribution in [1.29, 1.82) is 0 Å². The van der Waals surface area contributed by atoms with E-state index >= 15 is 0 Å². The number of anilines is 1. The second-order valence-corrected chi connectivity index (χ2v) is 6.12. The van der Waals surface area contributed by atoms with Crippen LogP contribution in [0.2, 0.25) is 0 Å². The SMILES string of the molecule is C/C(=C\C(=O)c1ccc(C)cc1)Nc1ccc(Oc2ccccc2)cc1. The molecular formula is C23H21NO2. The minimum atomic E-state index is -0.0148. The molecule has 3 aromatic carbocycles. The third-order valence-corrected chi connectivity index (χ3v) is 3.86. The lowest BCUT2D eigenvalue weighted by Gasteiger charge is -2.09. The van der Waals surface area contributed by atoms with Gasteiger partial charge in [-0.2, -0.15) is 0 Å². The molecule has 1 N–H and O–H groups in total. The predicted octanol–water partition coefficient (Wildman–Crippen LogP) is 5.99. The van der Waals surface area contributed by atoms with Gasteiger partial charge in [-0.05, 0) is 50.2 Å². The summed E-state index contributed by atoms with van der Waals surface area (Å²) in [5.74, 6) is 1.55. The Labute approximate surface area is 154 Å². The Bertz CT molecular complexity index is 895. The topological polar surface area (TPSA) is 38.3 Å². The molecule has 0 saturated heterocycles. The molecule has 0 amide bonds. The fourth-order valence-electron chi connectivity index (χ4n) is 2.49. The van der Waals surface area contributed by atoms with Gasteiger partial charge in [-0.1, -0.05) is 48.0 Å². The van der Waals surface area contributed by atoms with Gasteiger partial charge in [0, 0.05) is 23.0 Å². The van der Waals surface area contributed by atoms with Gasteiger partial charge in [0.1, 0.15) is 11.5 Å². The van der Waals surface area contributed by atoms with Crippen LogP contribution in [0.15, 0.2) is 90.6 Å². The van der Waals surface area contributed by atoms with Gasteiger partial charge in [-0.15, -0.1) is 0 Å². The molecule has 3 nitrogen and oxygen atoms in total. The summed E-state index contributed by atoms with van der Waals surface area (Å²) in [6.07, 6.45) is 1.61. The van der Waals surface area contributed by atoms with Gasteiger partial charge < -0.3 is 10.1 Å². The molecule has 0 fully saturated rings. The van der Waals surface area contributed by atoms with Gasteiger partial charge in [-0.3, -0.25) is 4.79 Å². The summed E-state index contributed by atoms with van der Waals surface area (Å²) < 4.78 is 5.77. The molecule has 0 radical (unpaired) electrons. The van der Waals surface area contributed by atoms with E-state index in [1.54, 1.807) is 6.08 Å². The standard InChI is InChI=1S/C23H21NO2/c1-17-8-10-19(11-9-17)23(25)16-18(2)24-20-12-14-22(15-13-20)26-21-6-4-3-5-7-21/h3-16,24H,1-2H3/b18-16+. The second-order valence-electron chi connectivity index (χ2n) is 6.12. The van der Waals surface area contributed by atoms with E-state index in [1.165, 1.54) is 0 Å². The number of hydrogen-bond acceptors (Lipinski definition) is 3. The van der Waals surface area contributed by atoms with Crippen LogP contribution in [0.5, 0.6) is 11.5 Å². The lowest BCUT2D eigenvalue weighted by Crippen LogP contribution is -2.01. The van der Waals surface area contributed by atoms with E-state index in [-0.39, 0.29) is 5.78 Å². The number of ketones is 1. The van der Waals surface area contributed by atoms with Crippen molar-refractivity contribution in [2.75, 3.05) is 5.32 Å². The van der Waals surface area contributed by atoms with Gasteiger partial charge in [0.2, 0.25) is 0 Å². The van der Waals surface area contributed by atoms with Crippen molar-refractivity contribution in [1.82, 2.24) is 0 Å². The summed E-state index contributed by atoms with van der Waals surface area (Å²) in [6.45, 7) is 3.88. The molecule has 0 bridgehead atoms. The van der Waals surface area contributed by atoms with Crippen molar-refractivity contribution in [3.63, 3.8) is 0 Å². The highest BCUT2D eigenvalue weighted by Gasteiger charge is 2.03. The summed E-state index contributed by atoms with van der Waals surface area (Å²) in [5.41, 5.74) is 3.50. The zero-order valence-electron chi connectivity index (χ0n) is 14.9. The van der Waals surface area contributed by atoms with Crippen molar-refractivity contribution in [2.45, 2.75) is 13.8 Å². The van der Waals surface area contributed by atoms with Crippen molar-refractivity contribution in [2.24, 2.45) is 0 Å². The van der Waals surface area contributed by atoms with E-state index in [4.69, 9.17) is 4.74 Å². The van der Waals surface area contributed by atoms with E-state index in [9.17, 15) is 4.79 Å². The maximum Gasteiger partial charge on any atom is 0.187 e. The average Bonchev–Trinajstić information content (AvgIpc) is 2.64. The summed E-state index contributed by atoms with van der Waals surface area (Å²) >= 11 is 0. The molecule has 3 heteroatoms. The van der Waals surface area contributed by atoms with Crippen LogP contribution >= 0.6 is 0 Å². The maximum absolute atomic E-state index is 12.3. The molecule has 3 aromatic rings. The summed E-state index contributed by atoms with van der Waals surface area (Å²) in [6, 6.07) is 24.8. The Balaban J connectivity index is 1.62. The van der Waals surface area contributed by atoms with E-state index in [2.05, 4.69) is 5.32 Å². The first-order valence-electron chi connectivity index (χ1n) is 8.49. The molecule has 0 aliphatic heterocycles. The molecule has 26 heavy (non-hydrogen) atoms. The number of carbonyl (C=O) groups excluding carboxylic acids is 1. The molecule has 0 spiro atoms. The molecule has 0 aliphatic carbocycles. The fraction of sp³-hybridized carbons (Fsp3) is 0.0870. The van der Waals surface area contributed by atoms with Crippen LogP contribution in [0.1, 0.15) is 22.8 Å². The van der Waals surface area contributed by atoms with Crippen LogP contribution in [-0.2, 0) is 0 Å². The van der Waals surface area contributed by atoms with Crippen molar-refractivity contribution in [3.8, 4) is 11.5 Å². The molecule has 0 heterocycles. The zero-order valence-corrected chi connectivity index (χ0v) is 14.9. The largest absolute Gasteiger partial charge is 0.457 e. The van der Waals surface area contributed by atoms with Crippen LogP contribution in [0, 0.1) is 6.92 Å². The number of allylic oxidation sites excluding steroid dienone is 2. The summed E-state index contributed by atoms with van der Waals surface area (Å²) in [7, 11) is 0. The van der Waals surface area contributed by atoms with Gasteiger partial charge in [0.05, 0.1) is 0 Å². The van der Waals surface area contributed by atoms with Crippen molar-refractivity contribution in [3.05, 3.63) is 102 Å². The Morgan fingerprint density at radius 3 is 2.12 bits per heavy atom. The monoisotopic (exact) mass is 343 g/mol.